The summed E-state index contributed by atoms with van der Waals surface area (Å²) in [6.45, 7) is 7.44. The Balaban J connectivity index is 2.14. The Bertz CT molecular complexity index is 785. The van der Waals surface area contributed by atoms with Crippen molar-refractivity contribution in [2.24, 2.45) is 0 Å². The van der Waals surface area contributed by atoms with E-state index in [1.54, 1.807) is 26.0 Å². The fourth-order valence-electron chi connectivity index (χ4n) is 2.09. The molecule has 8 heteroatoms. The van der Waals surface area contributed by atoms with Crippen molar-refractivity contribution >= 4 is 11.9 Å². The molecule has 1 N–H and O–H groups in total. The summed E-state index contributed by atoms with van der Waals surface area (Å²) in [4.78, 5) is 28.2. The SMILES string of the molecule is CCC(C)Oc1cc(C(=O)NC(C)(C)c2cc(C(=O)OC)on2)ccn1. The maximum absolute atomic E-state index is 12.6. The van der Waals surface area contributed by atoms with Gasteiger partial charge in [-0.1, -0.05) is 12.1 Å². The summed E-state index contributed by atoms with van der Waals surface area (Å²) in [6.07, 6.45) is 2.36. The number of esters is 1. The van der Waals surface area contributed by atoms with Crippen LogP contribution < -0.4 is 10.1 Å². The second kappa shape index (κ2) is 7.99. The molecule has 1 amide bonds. The second-order valence-electron chi connectivity index (χ2n) is 6.37. The molecule has 0 saturated carbocycles. The molecule has 2 heterocycles. The van der Waals surface area contributed by atoms with Gasteiger partial charge in [-0.3, -0.25) is 4.79 Å². The zero-order valence-corrected chi connectivity index (χ0v) is 15.5. The quantitative estimate of drug-likeness (QED) is 0.756. The number of nitrogens with one attached hydrogen (secondary N) is 1. The van der Waals surface area contributed by atoms with E-state index in [4.69, 9.17) is 9.26 Å². The lowest BCUT2D eigenvalue weighted by atomic mass is 9.99. The van der Waals surface area contributed by atoms with Gasteiger partial charge in [-0.05, 0) is 33.3 Å². The number of rotatable bonds is 7. The van der Waals surface area contributed by atoms with Crippen LogP contribution in [0.5, 0.6) is 5.88 Å². The zero-order valence-electron chi connectivity index (χ0n) is 15.5. The largest absolute Gasteiger partial charge is 0.475 e. The summed E-state index contributed by atoms with van der Waals surface area (Å²) in [5.74, 6) is -0.599. The molecule has 0 aliphatic carbocycles. The van der Waals surface area contributed by atoms with Gasteiger partial charge in [-0.2, -0.15) is 0 Å². The van der Waals surface area contributed by atoms with Crippen LogP contribution in [0.3, 0.4) is 0 Å². The number of carbonyl (C=O) groups excluding carboxylic acids is 2. The highest BCUT2D eigenvalue weighted by atomic mass is 16.5. The minimum absolute atomic E-state index is 0.00382. The highest BCUT2D eigenvalue weighted by molar-refractivity contribution is 5.95. The molecule has 0 aliphatic rings. The molecule has 2 aromatic rings. The van der Waals surface area contributed by atoms with E-state index in [-0.39, 0.29) is 17.8 Å². The van der Waals surface area contributed by atoms with Crippen molar-refractivity contribution in [3.63, 3.8) is 0 Å². The van der Waals surface area contributed by atoms with Gasteiger partial charge in [0.05, 0.1) is 18.8 Å². The maximum Gasteiger partial charge on any atom is 0.376 e. The Morgan fingerprint density at radius 2 is 2.08 bits per heavy atom. The number of amides is 1. The molecule has 26 heavy (non-hydrogen) atoms. The summed E-state index contributed by atoms with van der Waals surface area (Å²) < 4.78 is 15.2. The number of ether oxygens (including phenoxy) is 2. The van der Waals surface area contributed by atoms with Gasteiger partial charge < -0.3 is 19.3 Å². The summed E-state index contributed by atoms with van der Waals surface area (Å²) in [7, 11) is 1.25. The predicted molar refractivity (Wildman–Crippen MR) is 93.0 cm³/mol. The van der Waals surface area contributed by atoms with E-state index in [1.165, 1.54) is 19.4 Å². The third kappa shape index (κ3) is 4.59. The van der Waals surface area contributed by atoms with Crippen LogP contribution in [0.4, 0.5) is 0 Å². The van der Waals surface area contributed by atoms with Crippen LogP contribution in [0, 0.1) is 0 Å². The van der Waals surface area contributed by atoms with Gasteiger partial charge in [0.25, 0.3) is 5.91 Å². The predicted octanol–water partition coefficient (Wildman–Crippen LogP) is 2.70. The topological polar surface area (TPSA) is 104 Å². The Morgan fingerprint density at radius 1 is 1.35 bits per heavy atom. The second-order valence-corrected chi connectivity index (χ2v) is 6.37. The smallest absolute Gasteiger partial charge is 0.376 e. The van der Waals surface area contributed by atoms with Crippen LogP contribution in [0.2, 0.25) is 0 Å². The van der Waals surface area contributed by atoms with Gasteiger partial charge in [0.15, 0.2) is 0 Å². The molecule has 2 aromatic heterocycles. The van der Waals surface area contributed by atoms with E-state index < -0.39 is 11.5 Å². The number of aromatic nitrogens is 2. The first kappa shape index (κ1) is 19.4. The van der Waals surface area contributed by atoms with Gasteiger partial charge in [0.2, 0.25) is 11.6 Å². The van der Waals surface area contributed by atoms with Gasteiger partial charge in [0.1, 0.15) is 5.69 Å². The standard InChI is InChI=1S/C18H23N3O5/c1-6-11(2)25-15-9-12(7-8-19-15)16(22)20-18(3,4)14-10-13(26-21-14)17(23)24-5/h7-11H,6H2,1-5H3,(H,20,22). The van der Waals surface area contributed by atoms with Crippen LogP contribution in [-0.2, 0) is 10.3 Å². The third-order valence-corrected chi connectivity index (χ3v) is 3.86. The Morgan fingerprint density at radius 3 is 2.73 bits per heavy atom. The third-order valence-electron chi connectivity index (χ3n) is 3.86. The molecule has 0 bridgehead atoms. The summed E-state index contributed by atoms with van der Waals surface area (Å²) in [5.41, 5.74) is -0.0622. The normalized spacial score (nSPS) is 12.3. The molecule has 0 aromatic carbocycles. The summed E-state index contributed by atoms with van der Waals surface area (Å²) in [5, 5.41) is 6.70. The van der Waals surface area contributed by atoms with Crippen LogP contribution in [0.1, 0.15) is 60.7 Å². The zero-order chi connectivity index (χ0) is 19.3. The number of carbonyl (C=O) groups is 2. The molecule has 0 saturated heterocycles. The van der Waals surface area contributed by atoms with Gasteiger partial charge >= 0.3 is 5.97 Å². The highest BCUT2D eigenvalue weighted by Gasteiger charge is 2.29. The molecule has 0 spiro atoms. The van der Waals surface area contributed by atoms with Crippen molar-refractivity contribution in [1.29, 1.82) is 0 Å². The molecule has 0 aliphatic heterocycles. The first-order chi connectivity index (χ1) is 12.3. The van der Waals surface area contributed by atoms with Crippen LogP contribution in [0.25, 0.3) is 0 Å². The average Bonchev–Trinajstić information content (AvgIpc) is 3.12. The molecule has 0 radical (unpaired) electrons. The van der Waals surface area contributed by atoms with E-state index in [0.29, 0.717) is 17.1 Å². The fraction of sp³-hybridized carbons (Fsp3) is 0.444. The number of methoxy groups -OCH3 is 1. The lowest BCUT2D eigenvalue weighted by Gasteiger charge is -2.23. The monoisotopic (exact) mass is 361 g/mol. The van der Waals surface area contributed by atoms with Gasteiger partial charge in [0, 0.05) is 23.9 Å². The molecule has 1 atom stereocenters. The van der Waals surface area contributed by atoms with Crippen molar-refractivity contribution in [3.05, 3.63) is 41.4 Å². The van der Waals surface area contributed by atoms with E-state index >= 15 is 0 Å². The average molecular weight is 361 g/mol. The number of hydrogen-bond acceptors (Lipinski definition) is 7. The van der Waals surface area contributed by atoms with Crippen LogP contribution in [0.15, 0.2) is 28.9 Å². The summed E-state index contributed by atoms with van der Waals surface area (Å²) in [6, 6.07) is 4.62. The van der Waals surface area contributed by atoms with Crippen molar-refractivity contribution in [2.75, 3.05) is 7.11 Å². The Labute approximate surface area is 151 Å². The van der Waals surface area contributed by atoms with Gasteiger partial charge in [-0.25, -0.2) is 9.78 Å². The number of nitrogens with zero attached hydrogens (tertiary/aromatic N) is 2. The van der Waals surface area contributed by atoms with E-state index in [0.717, 1.165) is 6.42 Å². The molecular formula is C18H23N3O5. The van der Waals surface area contributed by atoms with Crippen molar-refractivity contribution in [1.82, 2.24) is 15.5 Å². The lowest BCUT2D eigenvalue weighted by molar-refractivity contribution is 0.0554. The minimum atomic E-state index is -0.867. The molecular weight excluding hydrogens is 338 g/mol. The van der Waals surface area contributed by atoms with Crippen LogP contribution in [-0.4, -0.2) is 35.2 Å². The van der Waals surface area contributed by atoms with Crippen molar-refractivity contribution in [3.8, 4) is 5.88 Å². The molecule has 8 nitrogen and oxygen atoms in total. The van der Waals surface area contributed by atoms with Crippen molar-refractivity contribution < 1.29 is 23.6 Å². The highest BCUT2D eigenvalue weighted by Crippen LogP contribution is 2.21. The van der Waals surface area contributed by atoms with E-state index in [2.05, 4.69) is 20.2 Å². The summed E-state index contributed by atoms with van der Waals surface area (Å²) >= 11 is 0. The molecule has 0 fully saturated rings. The molecule has 140 valence electrons. The minimum Gasteiger partial charge on any atom is -0.475 e. The Hall–Kier alpha value is -2.90. The van der Waals surface area contributed by atoms with E-state index in [9.17, 15) is 9.59 Å². The van der Waals surface area contributed by atoms with E-state index in [1.807, 2.05) is 13.8 Å². The maximum atomic E-state index is 12.6. The Kier molecular flexibility index (Phi) is 5.97. The first-order valence-electron chi connectivity index (χ1n) is 8.27. The molecule has 1 unspecified atom stereocenters. The first-order valence-corrected chi connectivity index (χ1v) is 8.27. The molecule has 2 rings (SSSR count). The number of pyridine rings is 1. The van der Waals surface area contributed by atoms with Gasteiger partial charge in [-0.15, -0.1) is 0 Å². The van der Waals surface area contributed by atoms with Crippen LogP contribution >= 0.6 is 0 Å². The number of hydrogen-bond donors (Lipinski definition) is 1. The lowest BCUT2D eigenvalue weighted by Crippen LogP contribution is -2.41. The fourth-order valence-corrected chi connectivity index (χ4v) is 2.09. The van der Waals surface area contributed by atoms with Crippen molar-refractivity contribution in [2.45, 2.75) is 45.8 Å².